The standard InChI is InChI=1S/C22H23N5O3S/c1-26-17(11-16(25-26)14-5-3-4-6-18(14)30-2)21(29)27-10-9-15-19(12-27)31-22(23-15)24-20(28)13-7-8-13/h3-6,11,13H,7-10,12H2,1-2H3,(H,23,24,28). The van der Waals surface area contributed by atoms with Gasteiger partial charge in [0.15, 0.2) is 5.13 Å². The summed E-state index contributed by atoms with van der Waals surface area (Å²) in [5.41, 5.74) is 3.04. The van der Waals surface area contributed by atoms with Crippen LogP contribution in [0, 0.1) is 5.92 Å². The van der Waals surface area contributed by atoms with Gasteiger partial charge < -0.3 is 15.0 Å². The van der Waals surface area contributed by atoms with E-state index >= 15 is 0 Å². The number of amides is 2. The van der Waals surface area contributed by atoms with Gasteiger partial charge in [0, 0.05) is 36.4 Å². The summed E-state index contributed by atoms with van der Waals surface area (Å²) in [5.74, 6) is 0.838. The molecule has 3 aromatic rings. The molecule has 8 nitrogen and oxygen atoms in total. The van der Waals surface area contributed by atoms with Crippen molar-refractivity contribution in [3.05, 3.63) is 46.6 Å². The third-order valence-electron chi connectivity index (χ3n) is 5.68. The van der Waals surface area contributed by atoms with Crippen LogP contribution in [-0.4, -0.2) is 45.1 Å². The fourth-order valence-corrected chi connectivity index (χ4v) is 4.82. The van der Waals surface area contributed by atoms with E-state index in [2.05, 4.69) is 15.4 Å². The van der Waals surface area contributed by atoms with Gasteiger partial charge in [-0.25, -0.2) is 4.98 Å². The van der Waals surface area contributed by atoms with Crippen LogP contribution in [0.2, 0.25) is 0 Å². The van der Waals surface area contributed by atoms with Crippen molar-refractivity contribution in [2.24, 2.45) is 13.0 Å². The van der Waals surface area contributed by atoms with Gasteiger partial charge >= 0.3 is 0 Å². The Balaban J connectivity index is 1.34. The maximum Gasteiger partial charge on any atom is 0.272 e. The van der Waals surface area contributed by atoms with Crippen LogP contribution in [0.15, 0.2) is 30.3 Å². The van der Waals surface area contributed by atoms with Gasteiger partial charge in [0.1, 0.15) is 11.4 Å². The molecule has 1 aliphatic carbocycles. The topological polar surface area (TPSA) is 89.4 Å². The molecule has 2 aromatic heterocycles. The van der Waals surface area contributed by atoms with E-state index in [1.165, 1.54) is 11.3 Å². The van der Waals surface area contributed by atoms with Crippen molar-refractivity contribution in [2.75, 3.05) is 19.0 Å². The molecule has 160 valence electrons. The Bertz CT molecular complexity index is 1160. The number of hydrogen-bond donors (Lipinski definition) is 1. The molecular weight excluding hydrogens is 414 g/mol. The summed E-state index contributed by atoms with van der Waals surface area (Å²) in [5, 5.41) is 8.09. The molecule has 0 bridgehead atoms. The molecule has 0 radical (unpaired) electrons. The maximum absolute atomic E-state index is 13.3. The number of aryl methyl sites for hydroxylation is 1. The van der Waals surface area contributed by atoms with E-state index in [1.54, 1.807) is 18.8 Å². The monoisotopic (exact) mass is 437 g/mol. The Morgan fingerprint density at radius 3 is 2.84 bits per heavy atom. The van der Waals surface area contributed by atoms with Crippen molar-refractivity contribution in [1.82, 2.24) is 19.7 Å². The number of thiazole rings is 1. The molecule has 3 heterocycles. The number of rotatable bonds is 5. The van der Waals surface area contributed by atoms with Crippen LogP contribution in [0.3, 0.4) is 0 Å². The lowest BCUT2D eigenvalue weighted by Crippen LogP contribution is -2.36. The third-order valence-corrected chi connectivity index (χ3v) is 6.68. The van der Waals surface area contributed by atoms with Crippen LogP contribution < -0.4 is 10.1 Å². The number of ether oxygens (including phenoxy) is 1. The average molecular weight is 438 g/mol. The molecule has 1 N–H and O–H groups in total. The Morgan fingerprint density at radius 2 is 2.06 bits per heavy atom. The second-order valence-electron chi connectivity index (χ2n) is 7.87. The second-order valence-corrected chi connectivity index (χ2v) is 8.95. The van der Waals surface area contributed by atoms with E-state index in [4.69, 9.17) is 4.74 Å². The van der Waals surface area contributed by atoms with Crippen LogP contribution >= 0.6 is 11.3 Å². The summed E-state index contributed by atoms with van der Waals surface area (Å²) in [4.78, 5) is 32.7. The Hall–Kier alpha value is -3.20. The van der Waals surface area contributed by atoms with E-state index in [0.29, 0.717) is 41.8 Å². The van der Waals surface area contributed by atoms with Crippen LogP contribution in [0.5, 0.6) is 5.75 Å². The largest absolute Gasteiger partial charge is 0.496 e. The number of benzene rings is 1. The van der Waals surface area contributed by atoms with Gasteiger partial charge in [-0.3, -0.25) is 14.3 Å². The Labute approximate surface area is 183 Å². The van der Waals surface area contributed by atoms with Gasteiger partial charge in [-0.2, -0.15) is 5.10 Å². The minimum atomic E-state index is -0.0706. The lowest BCUT2D eigenvalue weighted by Gasteiger charge is -2.25. The molecule has 1 aliphatic heterocycles. The average Bonchev–Trinajstić information content (AvgIpc) is 3.45. The third kappa shape index (κ3) is 3.81. The first-order chi connectivity index (χ1) is 15.0. The van der Waals surface area contributed by atoms with Gasteiger partial charge in [0.05, 0.1) is 25.0 Å². The molecular formula is C22H23N5O3S. The summed E-state index contributed by atoms with van der Waals surface area (Å²) >= 11 is 1.46. The van der Waals surface area contributed by atoms with Crippen molar-refractivity contribution in [2.45, 2.75) is 25.8 Å². The van der Waals surface area contributed by atoms with Crippen LogP contribution in [0.1, 0.15) is 33.9 Å². The minimum Gasteiger partial charge on any atom is -0.496 e. The molecule has 1 fully saturated rings. The number of fused-ring (bicyclic) bond motifs is 1. The highest BCUT2D eigenvalue weighted by atomic mass is 32.1. The smallest absolute Gasteiger partial charge is 0.272 e. The SMILES string of the molecule is COc1ccccc1-c1cc(C(=O)N2CCc3nc(NC(=O)C4CC4)sc3C2)n(C)n1. The number of para-hydroxylation sites is 1. The van der Waals surface area contributed by atoms with Crippen molar-refractivity contribution < 1.29 is 14.3 Å². The number of carbonyl (C=O) groups excluding carboxylic acids is 2. The summed E-state index contributed by atoms with van der Waals surface area (Å²) in [6, 6.07) is 9.44. The van der Waals surface area contributed by atoms with E-state index in [-0.39, 0.29) is 17.7 Å². The highest BCUT2D eigenvalue weighted by Crippen LogP contribution is 2.34. The number of nitrogens with one attached hydrogen (secondary N) is 1. The quantitative estimate of drug-likeness (QED) is 0.663. The van der Waals surface area contributed by atoms with Crippen molar-refractivity contribution >= 4 is 28.3 Å². The fourth-order valence-electron chi connectivity index (χ4n) is 3.79. The Morgan fingerprint density at radius 1 is 1.26 bits per heavy atom. The zero-order valence-electron chi connectivity index (χ0n) is 17.4. The van der Waals surface area contributed by atoms with E-state index in [0.717, 1.165) is 29.0 Å². The molecule has 2 amide bonds. The first-order valence-electron chi connectivity index (χ1n) is 10.3. The summed E-state index contributed by atoms with van der Waals surface area (Å²) < 4.78 is 7.05. The van der Waals surface area contributed by atoms with Crippen molar-refractivity contribution in [3.8, 4) is 17.0 Å². The number of nitrogens with zero attached hydrogens (tertiary/aromatic N) is 4. The zero-order chi connectivity index (χ0) is 21.5. The molecule has 31 heavy (non-hydrogen) atoms. The zero-order valence-corrected chi connectivity index (χ0v) is 18.2. The van der Waals surface area contributed by atoms with Crippen molar-refractivity contribution in [1.29, 1.82) is 0 Å². The predicted molar refractivity (Wildman–Crippen MR) is 117 cm³/mol. The van der Waals surface area contributed by atoms with Gasteiger partial charge in [-0.05, 0) is 31.0 Å². The molecule has 1 aromatic carbocycles. The van der Waals surface area contributed by atoms with Gasteiger partial charge in [0.25, 0.3) is 5.91 Å². The summed E-state index contributed by atoms with van der Waals surface area (Å²) in [6.45, 7) is 1.07. The molecule has 0 saturated heterocycles. The van der Waals surface area contributed by atoms with E-state index in [1.807, 2.05) is 35.2 Å². The number of aromatic nitrogens is 3. The van der Waals surface area contributed by atoms with Crippen LogP contribution in [-0.2, 0) is 24.8 Å². The number of hydrogen-bond acceptors (Lipinski definition) is 6. The van der Waals surface area contributed by atoms with E-state index < -0.39 is 0 Å². The lowest BCUT2D eigenvalue weighted by atomic mass is 10.1. The second kappa shape index (κ2) is 7.81. The van der Waals surface area contributed by atoms with Crippen LogP contribution in [0.25, 0.3) is 11.3 Å². The number of methoxy groups -OCH3 is 1. The normalized spacial score (nSPS) is 15.5. The van der Waals surface area contributed by atoms with Crippen molar-refractivity contribution in [3.63, 3.8) is 0 Å². The summed E-state index contributed by atoms with van der Waals surface area (Å²) in [6.07, 6.45) is 2.59. The van der Waals surface area contributed by atoms with Gasteiger partial charge in [-0.15, -0.1) is 0 Å². The molecule has 0 spiro atoms. The predicted octanol–water partition coefficient (Wildman–Crippen LogP) is 3.10. The molecule has 1 saturated carbocycles. The Kier molecular flexibility index (Phi) is 4.97. The fraction of sp³-hybridized carbons (Fsp3) is 0.364. The van der Waals surface area contributed by atoms with E-state index in [9.17, 15) is 9.59 Å². The van der Waals surface area contributed by atoms with Gasteiger partial charge in [-0.1, -0.05) is 23.5 Å². The van der Waals surface area contributed by atoms with Crippen LogP contribution in [0.4, 0.5) is 5.13 Å². The first kappa shape index (κ1) is 19.7. The maximum atomic E-state index is 13.3. The minimum absolute atomic E-state index is 0.0535. The number of anilines is 1. The highest BCUT2D eigenvalue weighted by Gasteiger charge is 2.31. The molecule has 0 atom stereocenters. The number of carbonyl (C=O) groups is 2. The highest BCUT2D eigenvalue weighted by molar-refractivity contribution is 7.15. The molecule has 5 rings (SSSR count). The summed E-state index contributed by atoms with van der Waals surface area (Å²) in [7, 11) is 3.40. The lowest BCUT2D eigenvalue weighted by molar-refractivity contribution is -0.117. The molecule has 9 heteroatoms. The first-order valence-corrected chi connectivity index (χ1v) is 11.1. The molecule has 2 aliphatic rings. The molecule has 0 unspecified atom stereocenters. The van der Waals surface area contributed by atoms with Gasteiger partial charge in [0.2, 0.25) is 5.91 Å².